The van der Waals surface area contributed by atoms with Crippen molar-refractivity contribution < 1.29 is 8.42 Å². The summed E-state index contributed by atoms with van der Waals surface area (Å²) in [5.41, 5.74) is 0. The molecular formula is C13H20N2O2S2. The molecule has 2 aliphatic rings. The predicted molar refractivity (Wildman–Crippen MR) is 77.9 cm³/mol. The molecule has 0 aromatic carbocycles. The van der Waals surface area contributed by atoms with Crippen molar-refractivity contribution in [3.05, 3.63) is 22.4 Å². The number of sulfonamides is 1. The maximum absolute atomic E-state index is 12.4. The summed E-state index contributed by atoms with van der Waals surface area (Å²) >= 11 is 1.63. The third-order valence-corrected chi connectivity index (χ3v) is 6.84. The molecule has 0 aliphatic carbocycles. The molecule has 0 spiro atoms. The highest BCUT2D eigenvalue weighted by atomic mass is 32.2. The van der Waals surface area contributed by atoms with Gasteiger partial charge in [0.05, 0.1) is 5.75 Å². The van der Waals surface area contributed by atoms with Gasteiger partial charge in [-0.1, -0.05) is 6.07 Å². The number of nitrogens with one attached hydrogen (secondary N) is 1. The first-order valence-corrected chi connectivity index (χ1v) is 9.38. The molecule has 3 heterocycles. The molecule has 2 aliphatic heterocycles. The average Bonchev–Trinajstić information content (AvgIpc) is 2.96. The lowest BCUT2D eigenvalue weighted by atomic mass is 10.1. The lowest BCUT2D eigenvalue weighted by Gasteiger charge is -2.23. The monoisotopic (exact) mass is 300 g/mol. The number of thiophene rings is 1. The van der Waals surface area contributed by atoms with E-state index in [4.69, 9.17) is 0 Å². The molecule has 4 nitrogen and oxygen atoms in total. The van der Waals surface area contributed by atoms with Crippen molar-refractivity contribution in [3.8, 4) is 0 Å². The molecule has 2 fully saturated rings. The van der Waals surface area contributed by atoms with Gasteiger partial charge in [0.1, 0.15) is 0 Å². The van der Waals surface area contributed by atoms with Gasteiger partial charge in [-0.2, -0.15) is 0 Å². The SMILES string of the molecule is O=S(=O)(CCc1cccs1)N1CCC2CCC(C1)N2. The van der Waals surface area contributed by atoms with Crippen molar-refractivity contribution >= 4 is 21.4 Å². The van der Waals surface area contributed by atoms with E-state index in [2.05, 4.69) is 5.32 Å². The molecule has 2 saturated heterocycles. The van der Waals surface area contributed by atoms with Gasteiger partial charge in [0.15, 0.2) is 0 Å². The molecule has 6 heteroatoms. The second-order valence-electron chi connectivity index (χ2n) is 5.43. The zero-order valence-electron chi connectivity index (χ0n) is 10.9. The molecule has 106 valence electrons. The van der Waals surface area contributed by atoms with Gasteiger partial charge < -0.3 is 5.32 Å². The first kappa shape index (κ1) is 13.5. The lowest BCUT2D eigenvalue weighted by molar-refractivity contribution is 0.383. The van der Waals surface area contributed by atoms with Crippen LogP contribution in [0.1, 0.15) is 24.1 Å². The number of rotatable bonds is 4. The normalized spacial score (nSPS) is 28.4. The second kappa shape index (κ2) is 5.52. The van der Waals surface area contributed by atoms with Crippen molar-refractivity contribution in [2.75, 3.05) is 18.8 Å². The lowest BCUT2D eigenvalue weighted by Crippen LogP contribution is -2.40. The molecule has 1 aromatic rings. The van der Waals surface area contributed by atoms with E-state index >= 15 is 0 Å². The molecule has 0 saturated carbocycles. The van der Waals surface area contributed by atoms with E-state index in [9.17, 15) is 8.42 Å². The van der Waals surface area contributed by atoms with E-state index in [1.165, 1.54) is 6.42 Å². The fraction of sp³-hybridized carbons (Fsp3) is 0.692. The largest absolute Gasteiger partial charge is 0.310 e. The Kier molecular flexibility index (Phi) is 3.93. The van der Waals surface area contributed by atoms with Crippen molar-refractivity contribution in [1.82, 2.24) is 9.62 Å². The Labute approximate surface area is 118 Å². The summed E-state index contributed by atoms with van der Waals surface area (Å²) in [5, 5.41) is 5.52. The Morgan fingerprint density at radius 2 is 2.16 bits per heavy atom. The van der Waals surface area contributed by atoms with Gasteiger partial charge in [0.25, 0.3) is 0 Å². The minimum Gasteiger partial charge on any atom is -0.310 e. The summed E-state index contributed by atoms with van der Waals surface area (Å²) < 4.78 is 26.5. The van der Waals surface area contributed by atoms with Gasteiger partial charge >= 0.3 is 0 Å². The molecule has 0 amide bonds. The fourth-order valence-electron chi connectivity index (χ4n) is 2.98. The van der Waals surface area contributed by atoms with E-state index < -0.39 is 10.0 Å². The number of fused-ring (bicyclic) bond motifs is 2. The number of hydrogen-bond donors (Lipinski definition) is 1. The van der Waals surface area contributed by atoms with Crippen LogP contribution in [-0.2, 0) is 16.4 Å². The quantitative estimate of drug-likeness (QED) is 0.915. The molecule has 2 bridgehead atoms. The Morgan fingerprint density at radius 1 is 1.32 bits per heavy atom. The van der Waals surface area contributed by atoms with Crippen LogP contribution in [0.3, 0.4) is 0 Å². The highest BCUT2D eigenvalue weighted by Crippen LogP contribution is 2.22. The summed E-state index contributed by atoms with van der Waals surface area (Å²) in [7, 11) is -3.11. The predicted octanol–water partition coefficient (Wildman–Crippen LogP) is 1.45. The van der Waals surface area contributed by atoms with Gasteiger partial charge in [-0.25, -0.2) is 12.7 Å². The summed E-state index contributed by atoms with van der Waals surface area (Å²) in [5.74, 6) is 0.241. The van der Waals surface area contributed by atoms with Crippen LogP contribution in [0.25, 0.3) is 0 Å². The smallest absolute Gasteiger partial charge is 0.214 e. The van der Waals surface area contributed by atoms with Crippen LogP contribution < -0.4 is 5.32 Å². The molecule has 19 heavy (non-hydrogen) atoms. The molecule has 1 aromatic heterocycles. The van der Waals surface area contributed by atoms with Crippen LogP contribution in [0.2, 0.25) is 0 Å². The van der Waals surface area contributed by atoms with Gasteiger partial charge in [-0.3, -0.25) is 0 Å². The third-order valence-electron chi connectivity index (χ3n) is 4.07. The van der Waals surface area contributed by atoms with Crippen LogP contribution in [0.4, 0.5) is 0 Å². The summed E-state index contributed by atoms with van der Waals surface area (Å²) in [6.07, 6.45) is 3.90. The summed E-state index contributed by atoms with van der Waals surface area (Å²) in [6.45, 7) is 1.34. The van der Waals surface area contributed by atoms with Gasteiger partial charge in [0.2, 0.25) is 10.0 Å². The van der Waals surface area contributed by atoms with Crippen molar-refractivity contribution in [2.24, 2.45) is 0 Å². The zero-order chi connectivity index (χ0) is 13.3. The second-order valence-corrected chi connectivity index (χ2v) is 8.55. The number of nitrogens with zero attached hydrogens (tertiary/aromatic N) is 1. The average molecular weight is 300 g/mol. The summed E-state index contributed by atoms with van der Waals surface area (Å²) in [6, 6.07) is 4.87. The highest BCUT2D eigenvalue weighted by Gasteiger charge is 2.33. The van der Waals surface area contributed by atoms with Crippen molar-refractivity contribution in [2.45, 2.75) is 37.8 Å². The maximum atomic E-state index is 12.4. The Balaban J connectivity index is 1.63. The van der Waals surface area contributed by atoms with Gasteiger partial charge in [-0.05, 0) is 37.1 Å². The van der Waals surface area contributed by atoms with E-state index in [0.717, 1.165) is 17.7 Å². The first-order chi connectivity index (χ1) is 9.13. The first-order valence-electron chi connectivity index (χ1n) is 6.90. The zero-order valence-corrected chi connectivity index (χ0v) is 12.5. The van der Waals surface area contributed by atoms with Crippen molar-refractivity contribution in [1.29, 1.82) is 0 Å². The van der Waals surface area contributed by atoms with Crippen LogP contribution >= 0.6 is 11.3 Å². The Bertz CT molecular complexity index is 513. The van der Waals surface area contributed by atoms with Crippen molar-refractivity contribution in [3.63, 3.8) is 0 Å². The molecule has 3 rings (SSSR count). The Morgan fingerprint density at radius 3 is 2.95 bits per heavy atom. The van der Waals surface area contributed by atoms with E-state index in [-0.39, 0.29) is 5.75 Å². The number of hydrogen-bond acceptors (Lipinski definition) is 4. The topological polar surface area (TPSA) is 49.4 Å². The molecule has 0 radical (unpaired) electrons. The number of aryl methyl sites for hydroxylation is 1. The minimum absolute atomic E-state index is 0.241. The van der Waals surface area contributed by atoms with Crippen LogP contribution in [0.5, 0.6) is 0 Å². The van der Waals surface area contributed by atoms with Gasteiger partial charge in [-0.15, -0.1) is 11.3 Å². The van der Waals surface area contributed by atoms with Crippen LogP contribution in [0, 0.1) is 0 Å². The van der Waals surface area contributed by atoms with Gasteiger partial charge in [0, 0.05) is 30.1 Å². The van der Waals surface area contributed by atoms with E-state index in [1.54, 1.807) is 15.6 Å². The fourth-order valence-corrected chi connectivity index (χ4v) is 5.34. The maximum Gasteiger partial charge on any atom is 0.214 e. The summed E-state index contributed by atoms with van der Waals surface area (Å²) in [4.78, 5) is 1.15. The molecule has 1 N–H and O–H groups in total. The van der Waals surface area contributed by atoms with E-state index in [0.29, 0.717) is 31.6 Å². The van der Waals surface area contributed by atoms with Crippen LogP contribution in [0.15, 0.2) is 17.5 Å². The van der Waals surface area contributed by atoms with Crippen LogP contribution in [-0.4, -0.2) is 43.6 Å². The highest BCUT2D eigenvalue weighted by molar-refractivity contribution is 7.89. The Hall–Kier alpha value is -0.430. The minimum atomic E-state index is -3.11. The molecular weight excluding hydrogens is 280 g/mol. The molecule has 2 atom stereocenters. The van der Waals surface area contributed by atoms with E-state index in [1.807, 2.05) is 17.5 Å². The molecule has 2 unspecified atom stereocenters. The standard InChI is InChI=1S/C13H20N2O2S2/c16-19(17,9-6-13-2-1-8-18-13)15-7-5-11-3-4-12(10-15)14-11/h1-2,8,11-12,14H,3-7,9-10H2. The third kappa shape index (κ3) is 3.18.